The summed E-state index contributed by atoms with van der Waals surface area (Å²) >= 11 is 0. The number of methoxy groups -OCH3 is 1. The minimum absolute atomic E-state index is 0.322. The second-order valence-corrected chi connectivity index (χ2v) is 13.0. The summed E-state index contributed by atoms with van der Waals surface area (Å²) in [4.78, 5) is 19.6. The van der Waals surface area contributed by atoms with Crippen LogP contribution in [0.15, 0.2) is 24.4 Å². The average molecular weight is 587 g/mol. The third kappa shape index (κ3) is 5.60. The molecule has 4 aliphatic rings. The first kappa shape index (κ1) is 28.6. The quantitative estimate of drug-likeness (QED) is 0.376. The number of nitrogens with two attached hydrogens (primary N) is 1. The molecule has 0 amide bonds. The molecule has 1 aromatic carbocycles. The molecule has 4 aliphatic heterocycles. The zero-order valence-electron chi connectivity index (χ0n) is 25.8. The number of nitrogens with one attached hydrogen (secondary N) is 2. The number of aryl methyl sites for hydroxylation is 1. The molecule has 43 heavy (non-hydrogen) atoms. The van der Waals surface area contributed by atoms with Crippen LogP contribution in [0.1, 0.15) is 44.7 Å². The van der Waals surface area contributed by atoms with Gasteiger partial charge in [-0.05, 0) is 75.1 Å². The molecule has 4 N–H and O–H groups in total. The number of aromatic nitrogens is 3. The van der Waals surface area contributed by atoms with Gasteiger partial charge in [0.2, 0.25) is 0 Å². The summed E-state index contributed by atoms with van der Waals surface area (Å²) in [5.41, 5.74) is 11.7. The molecule has 6 heterocycles. The molecule has 10 heteroatoms. The van der Waals surface area contributed by atoms with E-state index >= 15 is 0 Å². The lowest BCUT2D eigenvalue weighted by atomic mass is 9.79. The molecule has 230 valence electrons. The second-order valence-electron chi connectivity index (χ2n) is 13.0. The number of hydrogen-bond acceptors (Lipinski definition) is 10. The van der Waals surface area contributed by atoms with Crippen LogP contribution in [0.3, 0.4) is 0 Å². The Balaban J connectivity index is 1.13. The van der Waals surface area contributed by atoms with E-state index in [0.717, 1.165) is 97.0 Å². The van der Waals surface area contributed by atoms with Gasteiger partial charge in [-0.3, -0.25) is 0 Å². The largest absolute Gasteiger partial charge is 0.495 e. The van der Waals surface area contributed by atoms with Crippen molar-refractivity contribution in [3.05, 3.63) is 30.1 Å². The molecular formula is C33H46N8O2. The van der Waals surface area contributed by atoms with Gasteiger partial charge < -0.3 is 35.6 Å². The number of rotatable bonds is 7. The number of ether oxygens (including phenoxy) is 2. The average Bonchev–Trinajstić information content (AvgIpc) is 3.34. The van der Waals surface area contributed by atoms with Crippen LogP contribution in [0.5, 0.6) is 5.75 Å². The summed E-state index contributed by atoms with van der Waals surface area (Å²) in [6, 6.07) is 8.13. The Labute approximate surface area is 254 Å². The summed E-state index contributed by atoms with van der Waals surface area (Å²) in [6.07, 6.45) is 8.28. The lowest BCUT2D eigenvalue weighted by molar-refractivity contribution is 0.0903. The second kappa shape index (κ2) is 12.1. The Bertz CT molecular complexity index is 1450. The maximum Gasteiger partial charge on any atom is 0.151 e. The summed E-state index contributed by atoms with van der Waals surface area (Å²) in [6.45, 7) is 8.12. The van der Waals surface area contributed by atoms with Crippen LogP contribution in [0.4, 0.5) is 17.3 Å². The minimum atomic E-state index is 0.322. The Hall–Kier alpha value is -3.21. The first-order chi connectivity index (χ1) is 21.0. The summed E-state index contributed by atoms with van der Waals surface area (Å²) < 4.78 is 11.5. The number of piperazine rings is 1. The lowest BCUT2D eigenvalue weighted by Crippen LogP contribution is -2.51. The Morgan fingerprint density at radius 2 is 1.91 bits per heavy atom. The standard InChI is InChI=1S/C33H46N8O2/c1-4-26-33(37-22-9-13-43-14-10-22)39-30-25(17-35-32(34)31(30)38-26)21-5-6-28(29(15-21)42-3)41-11-7-20(8-12-41)24-16-23-18-40(2)19-27(24)36-23/h5-6,15,17,20,22-24,27,36H,4,7-14,16,18-19H2,1-3H3,(H2,34,35)(H,37,39). The first-order valence-electron chi connectivity index (χ1n) is 16.2. The number of nitrogens with zero attached hydrogens (tertiary/aromatic N) is 5. The van der Waals surface area contributed by atoms with Crippen LogP contribution < -0.4 is 26.0 Å². The molecule has 0 radical (unpaired) electrons. The van der Waals surface area contributed by atoms with E-state index in [1.165, 1.54) is 32.4 Å². The van der Waals surface area contributed by atoms with E-state index in [9.17, 15) is 0 Å². The van der Waals surface area contributed by atoms with Gasteiger partial charge in [0.1, 0.15) is 22.6 Å². The zero-order chi connectivity index (χ0) is 29.5. The Morgan fingerprint density at radius 3 is 2.67 bits per heavy atom. The van der Waals surface area contributed by atoms with E-state index in [0.29, 0.717) is 29.5 Å². The van der Waals surface area contributed by atoms with Crippen molar-refractivity contribution in [2.24, 2.45) is 11.8 Å². The topological polar surface area (TPSA) is 114 Å². The van der Waals surface area contributed by atoms with E-state index in [1.807, 2.05) is 6.20 Å². The highest BCUT2D eigenvalue weighted by Gasteiger charge is 2.43. The fourth-order valence-corrected chi connectivity index (χ4v) is 7.99. The van der Waals surface area contributed by atoms with Crippen molar-refractivity contribution in [3.8, 4) is 16.9 Å². The van der Waals surface area contributed by atoms with Crippen LogP contribution in [-0.2, 0) is 11.2 Å². The van der Waals surface area contributed by atoms with Crippen LogP contribution in [0.25, 0.3) is 22.2 Å². The molecule has 3 unspecified atom stereocenters. The number of pyridine rings is 1. The van der Waals surface area contributed by atoms with Gasteiger partial charge in [-0.15, -0.1) is 0 Å². The zero-order valence-corrected chi connectivity index (χ0v) is 25.8. The lowest BCUT2D eigenvalue weighted by Gasteiger charge is -2.39. The highest BCUT2D eigenvalue weighted by atomic mass is 16.5. The third-order valence-corrected chi connectivity index (χ3v) is 10.2. The maximum atomic E-state index is 6.34. The molecule has 3 atom stereocenters. The number of likely N-dealkylation sites (tertiary alicyclic amines) is 1. The fourth-order valence-electron chi connectivity index (χ4n) is 7.99. The van der Waals surface area contributed by atoms with Crippen molar-refractivity contribution in [1.82, 2.24) is 25.2 Å². The smallest absolute Gasteiger partial charge is 0.151 e. The van der Waals surface area contributed by atoms with E-state index in [4.69, 9.17) is 25.2 Å². The number of likely N-dealkylation sites (N-methyl/N-ethyl adjacent to an activating group) is 1. The van der Waals surface area contributed by atoms with E-state index < -0.39 is 0 Å². The number of hydrogen-bond donors (Lipinski definition) is 3. The predicted molar refractivity (Wildman–Crippen MR) is 172 cm³/mol. The van der Waals surface area contributed by atoms with Gasteiger partial charge in [0.15, 0.2) is 5.82 Å². The van der Waals surface area contributed by atoms with Crippen molar-refractivity contribution in [2.75, 3.05) is 69.5 Å². The van der Waals surface area contributed by atoms with E-state index in [-0.39, 0.29) is 0 Å². The summed E-state index contributed by atoms with van der Waals surface area (Å²) in [7, 11) is 4.03. The van der Waals surface area contributed by atoms with Gasteiger partial charge in [-0.1, -0.05) is 13.0 Å². The van der Waals surface area contributed by atoms with Crippen LogP contribution >= 0.6 is 0 Å². The van der Waals surface area contributed by atoms with E-state index in [1.54, 1.807) is 7.11 Å². The first-order valence-corrected chi connectivity index (χ1v) is 16.2. The molecule has 2 bridgehead atoms. The van der Waals surface area contributed by atoms with Crippen molar-refractivity contribution in [3.63, 3.8) is 0 Å². The number of benzene rings is 1. The van der Waals surface area contributed by atoms with Gasteiger partial charge in [-0.25, -0.2) is 15.0 Å². The Morgan fingerprint density at radius 1 is 1.09 bits per heavy atom. The molecule has 0 spiro atoms. The van der Waals surface area contributed by atoms with Gasteiger partial charge in [0, 0.05) is 69.3 Å². The molecule has 0 saturated carbocycles. The molecule has 3 aromatic rings. The molecule has 10 nitrogen and oxygen atoms in total. The summed E-state index contributed by atoms with van der Waals surface area (Å²) in [5, 5.41) is 7.54. The van der Waals surface area contributed by atoms with Gasteiger partial charge in [0.25, 0.3) is 0 Å². The van der Waals surface area contributed by atoms with E-state index in [2.05, 4.69) is 57.6 Å². The summed E-state index contributed by atoms with van der Waals surface area (Å²) in [5.74, 6) is 3.69. The molecule has 4 fully saturated rings. The molecule has 0 aliphatic carbocycles. The van der Waals surface area contributed by atoms with Gasteiger partial charge in [0.05, 0.1) is 18.5 Å². The van der Waals surface area contributed by atoms with Crippen LogP contribution in [-0.4, -0.2) is 91.5 Å². The number of nitrogen functional groups attached to an aromatic ring is 1. The third-order valence-electron chi connectivity index (χ3n) is 10.2. The highest BCUT2D eigenvalue weighted by molar-refractivity contribution is 5.97. The monoisotopic (exact) mass is 586 g/mol. The molecule has 2 aromatic heterocycles. The van der Waals surface area contributed by atoms with Gasteiger partial charge >= 0.3 is 0 Å². The normalized spacial score (nSPS) is 25.4. The molecule has 7 rings (SSSR count). The minimum Gasteiger partial charge on any atom is -0.495 e. The predicted octanol–water partition coefficient (Wildman–Crippen LogP) is 3.94. The highest BCUT2D eigenvalue weighted by Crippen LogP contribution is 2.41. The molecule has 4 saturated heterocycles. The fraction of sp³-hybridized carbons (Fsp3) is 0.606. The maximum absolute atomic E-state index is 6.34. The van der Waals surface area contributed by atoms with Crippen LogP contribution in [0, 0.1) is 11.8 Å². The van der Waals surface area contributed by atoms with Gasteiger partial charge in [-0.2, -0.15) is 0 Å². The van der Waals surface area contributed by atoms with Crippen molar-refractivity contribution in [1.29, 1.82) is 0 Å². The SMILES string of the molecule is CCc1nc2c(N)ncc(-c3ccc(N4CCC(C5CC6CN(C)CC5N6)CC4)c(OC)c3)c2nc1NC1CCOCC1. The number of anilines is 3. The molecular weight excluding hydrogens is 540 g/mol. The number of piperidine rings is 1. The number of fused-ring (bicyclic) bond motifs is 3. The van der Waals surface area contributed by atoms with Crippen molar-refractivity contribution in [2.45, 2.75) is 63.6 Å². The van der Waals surface area contributed by atoms with Crippen LogP contribution in [0.2, 0.25) is 0 Å². The van der Waals surface area contributed by atoms with Crippen molar-refractivity contribution >= 4 is 28.4 Å². The van der Waals surface area contributed by atoms with Crippen molar-refractivity contribution < 1.29 is 9.47 Å². The Kier molecular flexibility index (Phi) is 8.00.